The Morgan fingerprint density at radius 2 is 2.03 bits per heavy atom. The molecule has 2 bridgehead atoms. The van der Waals surface area contributed by atoms with E-state index in [1.165, 1.54) is 6.42 Å². The number of hydrogen-bond acceptors (Lipinski definition) is 5. The summed E-state index contributed by atoms with van der Waals surface area (Å²) in [6.07, 6.45) is 10.7. The van der Waals surface area contributed by atoms with Gasteiger partial charge in [-0.3, -0.25) is 19.5 Å². The fraction of sp³-hybridized carbons (Fsp3) is 0.519. The Labute approximate surface area is 200 Å². The topological polar surface area (TPSA) is 87.5 Å². The number of likely N-dealkylation sites (N-methyl/N-ethyl adjacent to an activating group) is 1. The van der Waals surface area contributed by atoms with Gasteiger partial charge in [-0.05, 0) is 74.1 Å². The number of pyridine rings is 2. The highest BCUT2D eigenvalue weighted by Gasteiger charge is 2.55. The molecule has 7 nitrogen and oxygen atoms in total. The molecule has 34 heavy (non-hydrogen) atoms. The molecular weight excluding hydrogens is 428 g/mol. The summed E-state index contributed by atoms with van der Waals surface area (Å²) in [5.41, 5.74) is 4.02. The zero-order valence-corrected chi connectivity index (χ0v) is 19.8. The van der Waals surface area contributed by atoms with Crippen LogP contribution < -0.4 is 10.9 Å². The number of carbonyl (C=O) groups excluding carboxylic acids is 1. The molecule has 0 saturated carbocycles. The molecule has 1 aliphatic carbocycles. The van der Waals surface area contributed by atoms with Gasteiger partial charge in [-0.15, -0.1) is 0 Å². The van der Waals surface area contributed by atoms with Crippen molar-refractivity contribution >= 4 is 11.5 Å². The molecule has 1 saturated heterocycles. The molecule has 0 radical (unpaired) electrons. The number of nitrogens with zero attached hydrogens (tertiary/aromatic N) is 3. The van der Waals surface area contributed by atoms with E-state index in [-0.39, 0.29) is 42.0 Å². The van der Waals surface area contributed by atoms with E-state index in [0.717, 1.165) is 54.6 Å². The number of hydrogen-bond donors (Lipinski definition) is 2. The Morgan fingerprint density at radius 3 is 2.74 bits per heavy atom. The lowest BCUT2D eigenvalue weighted by Gasteiger charge is -2.37. The Hall–Kier alpha value is -2.77. The molecule has 1 amide bonds. The van der Waals surface area contributed by atoms with Gasteiger partial charge < -0.3 is 15.0 Å². The molecule has 2 N–H and O–H groups in total. The predicted octanol–water partition coefficient (Wildman–Crippen LogP) is 2.54. The van der Waals surface area contributed by atoms with Crippen molar-refractivity contribution in [1.29, 1.82) is 0 Å². The first-order valence-corrected chi connectivity index (χ1v) is 12.6. The van der Waals surface area contributed by atoms with Crippen LogP contribution in [0.3, 0.4) is 0 Å². The first-order chi connectivity index (χ1) is 16.6. The average molecular weight is 463 g/mol. The lowest BCUT2D eigenvalue weighted by atomic mass is 9.86. The zero-order valence-electron chi connectivity index (χ0n) is 19.8. The van der Waals surface area contributed by atoms with E-state index >= 15 is 0 Å². The van der Waals surface area contributed by atoms with Gasteiger partial charge in [0.05, 0.1) is 12.0 Å². The molecule has 0 spiro atoms. The summed E-state index contributed by atoms with van der Waals surface area (Å²) in [6, 6.07) is 7.68. The van der Waals surface area contributed by atoms with Crippen LogP contribution in [-0.4, -0.2) is 51.2 Å². The summed E-state index contributed by atoms with van der Waals surface area (Å²) in [5, 5.41) is 13.5. The molecular formula is C27H34N4O3. The molecule has 0 unspecified atom stereocenters. The quantitative estimate of drug-likeness (QED) is 0.660. The van der Waals surface area contributed by atoms with Crippen LogP contribution in [0, 0.1) is 11.8 Å². The highest BCUT2D eigenvalue weighted by Crippen LogP contribution is 2.48. The fourth-order valence-electron chi connectivity index (χ4n) is 6.28. The average Bonchev–Trinajstić information content (AvgIpc) is 3.11. The summed E-state index contributed by atoms with van der Waals surface area (Å²) >= 11 is 0. The molecule has 3 aliphatic rings. The van der Waals surface area contributed by atoms with Crippen LogP contribution in [0.1, 0.15) is 55.5 Å². The molecule has 4 atom stereocenters. The Bertz CT molecular complexity index is 1130. The van der Waals surface area contributed by atoms with Crippen LogP contribution in [0.25, 0.3) is 5.57 Å². The Morgan fingerprint density at radius 1 is 1.21 bits per heavy atom. The van der Waals surface area contributed by atoms with Crippen molar-refractivity contribution in [2.75, 3.05) is 19.7 Å². The van der Waals surface area contributed by atoms with Crippen LogP contribution in [0.2, 0.25) is 0 Å². The van der Waals surface area contributed by atoms with Crippen molar-refractivity contribution < 1.29 is 9.90 Å². The maximum Gasteiger partial charge on any atom is 0.258 e. The second-order valence-electron chi connectivity index (χ2n) is 9.67. The third kappa shape index (κ3) is 4.01. The third-order valence-electron chi connectivity index (χ3n) is 7.94. The summed E-state index contributed by atoms with van der Waals surface area (Å²) in [7, 11) is 0. The molecule has 1 fully saturated rings. The number of allylic oxidation sites excluding steroid dienone is 2. The van der Waals surface area contributed by atoms with E-state index < -0.39 is 0 Å². The van der Waals surface area contributed by atoms with Gasteiger partial charge in [0.25, 0.3) is 5.56 Å². The number of rotatable bonds is 7. The molecule has 5 rings (SSSR count). The van der Waals surface area contributed by atoms with Crippen molar-refractivity contribution in [1.82, 2.24) is 19.8 Å². The van der Waals surface area contributed by atoms with Gasteiger partial charge in [0.2, 0.25) is 5.91 Å². The SMILES string of the molecule is CCN1[C@@H]2c3ccc(C4=CCCCC4)c(=O)n3C[C@H]1[C@H](CO)[C@H]2C(=O)NCCc1ccncc1. The van der Waals surface area contributed by atoms with E-state index in [1.807, 2.05) is 28.8 Å². The number of aliphatic hydroxyl groups excluding tert-OH is 1. The number of aliphatic hydroxyl groups is 1. The molecule has 2 aliphatic heterocycles. The number of amides is 1. The second kappa shape index (κ2) is 9.84. The smallest absolute Gasteiger partial charge is 0.258 e. The van der Waals surface area contributed by atoms with Crippen molar-refractivity contribution in [2.24, 2.45) is 11.8 Å². The zero-order chi connectivity index (χ0) is 23.7. The Balaban J connectivity index is 1.44. The first-order valence-electron chi connectivity index (χ1n) is 12.6. The van der Waals surface area contributed by atoms with Gasteiger partial charge in [-0.2, -0.15) is 0 Å². The second-order valence-corrected chi connectivity index (χ2v) is 9.67. The molecule has 4 heterocycles. The molecule has 7 heteroatoms. The molecule has 0 aromatic carbocycles. The standard InChI is InChI=1S/C27H34N4O3/c1-2-30-23-16-31-22(9-8-20(27(31)34)19-6-4-3-5-7-19)25(30)24(21(23)17-32)26(33)29-15-12-18-10-13-28-14-11-18/h6,8-11,13-14,21,23-25,32H,2-5,7,12,15-17H2,1H3,(H,29,33)/t21-,23-,24+,25+/m0/s1. The summed E-state index contributed by atoms with van der Waals surface area (Å²) in [5.74, 6) is -0.637. The number of nitrogens with one attached hydrogen (secondary N) is 1. The third-order valence-corrected chi connectivity index (χ3v) is 7.94. The van der Waals surface area contributed by atoms with Crippen molar-refractivity contribution in [3.8, 4) is 0 Å². The summed E-state index contributed by atoms with van der Waals surface area (Å²) < 4.78 is 1.89. The van der Waals surface area contributed by atoms with E-state index in [2.05, 4.69) is 28.2 Å². The summed E-state index contributed by atoms with van der Waals surface area (Å²) in [6.45, 7) is 3.84. The van der Waals surface area contributed by atoms with Gasteiger partial charge in [0, 0.05) is 55.3 Å². The van der Waals surface area contributed by atoms with Crippen molar-refractivity contribution in [3.63, 3.8) is 0 Å². The normalized spacial score (nSPS) is 26.1. The van der Waals surface area contributed by atoms with E-state index in [4.69, 9.17) is 0 Å². The monoisotopic (exact) mass is 462 g/mol. The molecule has 2 aromatic rings. The van der Waals surface area contributed by atoms with E-state index in [0.29, 0.717) is 13.1 Å². The van der Waals surface area contributed by atoms with Gasteiger partial charge in [0.15, 0.2) is 0 Å². The van der Waals surface area contributed by atoms with Gasteiger partial charge in [0.1, 0.15) is 0 Å². The Kier molecular flexibility index (Phi) is 6.66. The lowest BCUT2D eigenvalue weighted by Crippen LogP contribution is -2.46. The summed E-state index contributed by atoms with van der Waals surface area (Å²) in [4.78, 5) is 33.4. The van der Waals surface area contributed by atoms with Gasteiger partial charge in [-0.25, -0.2) is 0 Å². The maximum absolute atomic E-state index is 13.6. The highest BCUT2D eigenvalue weighted by atomic mass is 16.3. The largest absolute Gasteiger partial charge is 0.396 e. The minimum absolute atomic E-state index is 0.0308. The first kappa shape index (κ1) is 23.0. The fourth-order valence-corrected chi connectivity index (χ4v) is 6.28. The van der Waals surface area contributed by atoms with Crippen LogP contribution in [-0.2, 0) is 17.8 Å². The predicted molar refractivity (Wildman–Crippen MR) is 131 cm³/mol. The van der Waals surface area contributed by atoms with Crippen LogP contribution in [0.15, 0.2) is 47.5 Å². The van der Waals surface area contributed by atoms with Crippen LogP contribution in [0.4, 0.5) is 0 Å². The number of aromatic nitrogens is 2. The van der Waals surface area contributed by atoms with E-state index in [9.17, 15) is 14.7 Å². The van der Waals surface area contributed by atoms with Gasteiger partial charge >= 0.3 is 0 Å². The number of fused-ring (bicyclic) bond motifs is 4. The number of carbonyl (C=O) groups is 1. The maximum atomic E-state index is 13.6. The van der Waals surface area contributed by atoms with Crippen molar-refractivity contribution in [3.05, 3.63) is 69.9 Å². The van der Waals surface area contributed by atoms with Crippen molar-refractivity contribution in [2.45, 2.75) is 57.7 Å². The van der Waals surface area contributed by atoms with Crippen LogP contribution in [0.5, 0.6) is 0 Å². The van der Waals surface area contributed by atoms with Crippen LogP contribution >= 0.6 is 0 Å². The minimum atomic E-state index is -0.389. The molecule has 2 aromatic heterocycles. The van der Waals surface area contributed by atoms with E-state index in [1.54, 1.807) is 12.4 Å². The lowest BCUT2D eigenvalue weighted by molar-refractivity contribution is -0.127. The molecule has 180 valence electrons. The highest BCUT2D eigenvalue weighted by molar-refractivity contribution is 5.80. The van der Waals surface area contributed by atoms with Gasteiger partial charge in [-0.1, -0.05) is 13.0 Å². The minimum Gasteiger partial charge on any atom is -0.396 e.